The number of carboxylic acids is 2. The van der Waals surface area contributed by atoms with Crippen molar-refractivity contribution in [1.29, 1.82) is 0 Å². The van der Waals surface area contributed by atoms with Gasteiger partial charge >= 0.3 is 11.9 Å². The van der Waals surface area contributed by atoms with E-state index in [1.54, 1.807) is 0 Å². The minimum absolute atomic E-state index is 0.979. The third kappa shape index (κ3) is 7.51. The highest BCUT2D eigenvalue weighted by Gasteiger charge is 2.05. The van der Waals surface area contributed by atoms with Crippen LogP contribution in [0.2, 0.25) is 0 Å². The van der Waals surface area contributed by atoms with Crippen molar-refractivity contribution in [3.8, 4) is 0 Å². The van der Waals surface area contributed by atoms with Crippen molar-refractivity contribution in [2.75, 3.05) is 6.54 Å². The Kier molecular flexibility index (Phi) is 8.15. The first-order chi connectivity index (χ1) is 11.4. The molecule has 0 fully saturated rings. The quantitative estimate of drug-likeness (QED) is 0.819. The summed E-state index contributed by atoms with van der Waals surface area (Å²) in [7, 11) is 0. The number of aryl methyl sites for hydroxylation is 1. The number of hydrogen-bond donors (Lipinski definition) is 2. The molecule has 0 saturated carbocycles. The van der Waals surface area contributed by atoms with Crippen LogP contribution in [-0.2, 0) is 22.7 Å². The second-order valence-corrected chi connectivity index (χ2v) is 5.26. The van der Waals surface area contributed by atoms with Crippen LogP contribution in [0, 0.1) is 6.92 Å². The van der Waals surface area contributed by atoms with Gasteiger partial charge in [0.2, 0.25) is 0 Å². The SMILES string of the molecule is CCN(Cc1ccncc1)Cc1cccc(C)c1.O=C(O)C(=O)O. The first kappa shape index (κ1) is 19.3. The fraction of sp³-hybridized carbons (Fsp3) is 0.278. The zero-order chi connectivity index (χ0) is 17.9. The Hall–Kier alpha value is -2.73. The molecule has 0 aliphatic rings. The van der Waals surface area contributed by atoms with Crippen LogP contribution >= 0.6 is 0 Å². The maximum Gasteiger partial charge on any atom is 0.414 e. The normalized spacial score (nSPS) is 9.96. The fourth-order valence-corrected chi connectivity index (χ4v) is 2.09. The minimum atomic E-state index is -1.82. The fourth-order valence-electron chi connectivity index (χ4n) is 2.09. The van der Waals surface area contributed by atoms with Crippen molar-refractivity contribution in [1.82, 2.24) is 9.88 Å². The molecule has 0 aliphatic carbocycles. The lowest BCUT2D eigenvalue weighted by Gasteiger charge is -2.20. The van der Waals surface area contributed by atoms with Crippen molar-refractivity contribution >= 4 is 11.9 Å². The smallest absolute Gasteiger partial charge is 0.414 e. The predicted molar refractivity (Wildman–Crippen MR) is 90.5 cm³/mol. The van der Waals surface area contributed by atoms with Gasteiger partial charge < -0.3 is 10.2 Å². The van der Waals surface area contributed by atoms with Gasteiger partial charge in [0, 0.05) is 25.5 Å². The average Bonchev–Trinajstić information content (AvgIpc) is 2.55. The highest BCUT2D eigenvalue weighted by Crippen LogP contribution is 2.10. The average molecular weight is 330 g/mol. The van der Waals surface area contributed by atoms with Gasteiger partial charge in [0.25, 0.3) is 0 Å². The number of rotatable bonds is 5. The van der Waals surface area contributed by atoms with Gasteiger partial charge in [-0.15, -0.1) is 0 Å². The van der Waals surface area contributed by atoms with Crippen molar-refractivity contribution in [2.45, 2.75) is 26.9 Å². The van der Waals surface area contributed by atoms with Gasteiger partial charge in [0.1, 0.15) is 0 Å². The molecule has 0 bridgehead atoms. The van der Waals surface area contributed by atoms with E-state index in [-0.39, 0.29) is 0 Å². The molecule has 0 atom stereocenters. The van der Waals surface area contributed by atoms with E-state index >= 15 is 0 Å². The number of aliphatic carboxylic acids is 2. The number of pyridine rings is 1. The molecule has 0 amide bonds. The topological polar surface area (TPSA) is 90.7 Å². The van der Waals surface area contributed by atoms with Crippen LogP contribution in [0.25, 0.3) is 0 Å². The molecule has 0 saturated heterocycles. The van der Waals surface area contributed by atoms with Gasteiger partial charge in [0.15, 0.2) is 0 Å². The van der Waals surface area contributed by atoms with Crippen LogP contribution in [0.3, 0.4) is 0 Å². The summed E-state index contributed by atoms with van der Waals surface area (Å²) in [6, 6.07) is 12.9. The van der Waals surface area contributed by atoms with Crippen LogP contribution in [-0.4, -0.2) is 38.6 Å². The number of hydrogen-bond acceptors (Lipinski definition) is 4. The number of aromatic nitrogens is 1. The van der Waals surface area contributed by atoms with Crippen molar-refractivity contribution in [2.24, 2.45) is 0 Å². The Bertz CT molecular complexity index is 647. The minimum Gasteiger partial charge on any atom is -0.473 e. The third-order valence-electron chi connectivity index (χ3n) is 3.27. The number of nitrogens with zero attached hydrogens (tertiary/aromatic N) is 2. The Labute approximate surface area is 141 Å². The molecule has 6 heteroatoms. The van der Waals surface area contributed by atoms with E-state index in [2.05, 4.69) is 60.1 Å². The van der Waals surface area contributed by atoms with E-state index < -0.39 is 11.9 Å². The van der Waals surface area contributed by atoms with Crippen LogP contribution in [0.4, 0.5) is 0 Å². The molecule has 2 N–H and O–H groups in total. The molecule has 1 aromatic carbocycles. The zero-order valence-electron chi connectivity index (χ0n) is 13.8. The van der Waals surface area contributed by atoms with Gasteiger partial charge in [-0.1, -0.05) is 36.8 Å². The Morgan fingerprint density at radius 1 is 1.00 bits per heavy atom. The Balaban J connectivity index is 0.000000413. The van der Waals surface area contributed by atoms with Crippen molar-refractivity contribution < 1.29 is 19.8 Å². The predicted octanol–water partition coefficient (Wildman–Crippen LogP) is 2.57. The first-order valence-corrected chi connectivity index (χ1v) is 7.55. The lowest BCUT2D eigenvalue weighted by Crippen LogP contribution is -2.22. The molecule has 0 unspecified atom stereocenters. The highest BCUT2D eigenvalue weighted by atomic mass is 16.4. The molecule has 2 aromatic rings. The monoisotopic (exact) mass is 330 g/mol. The second kappa shape index (κ2) is 10.1. The van der Waals surface area contributed by atoms with E-state index in [1.807, 2.05) is 12.4 Å². The van der Waals surface area contributed by atoms with E-state index in [9.17, 15) is 0 Å². The number of carboxylic acid groups (broad SMARTS) is 2. The maximum absolute atomic E-state index is 9.10. The van der Waals surface area contributed by atoms with Gasteiger partial charge in [0.05, 0.1) is 0 Å². The van der Waals surface area contributed by atoms with Gasteiger partial charge in [-0.3, -0.25) is 9.88 Å². The molecule has 2 rings (SSSR count). The van der Waals surface area contributed by atoms with Crippen LogP contribution in [0.15, 0.2) is 48.8 Å². The molecular formula is C18H22N2O4. The van der Waals surface area contributed by atoms with E-state index in [0.29, 0.717) is 0 Å². The van der Waals surface area contributed by atoms with Gasteiger partial charge in [-0.05, 0) is 36.7 Å². The van der Waals surface area contributed by atoms with E-state index in [0.717, 1.165) is 19.6 Å². The Morgan fingerprint density at radius 3 is 2.08 bits per heavy atom. The zero-order valence-corrected chi connectivity index (χ0v) is 13.8. The largest absolute Gasteiger partial charge is 0.473 e. The summed E-state index contributed by atoms with van der Waals surface area (Å²) in [4.78, 5) is 24.7. The molecule has 1 heterocycles. The summed E-state index contributed by atoms with van der Waals surface area (Å²) in [6.45, 7) is 7.38. The summed E-state index contributed by atoms with van der Waals surface area (Å²) in [5.74, 6) is -3.65. The van der Waals surface area contributed by atoms with Crippen molar-refractivity contribution in [3.05, 3.63) is 65.5 Å². The number of benzene rings is 1. The Morgan fingerprint density at radius 2 is 1.58 bits per heavy atom. The lowest BCUT2D eigenvalue weighted by molar-refractivity contribution is -0.159. The van der Waals surface area contributed by atoms with E-state index in [4.69, 9.17) is 19.8 Å². The molecule has 0 spiro atoms. The molecule has 0 aliphatic heterocycles. The maximum atomic E-state index is 9.10. The summed E-state index contributed by atoms with van der Waals surface area (Å²) in [5, 5.41) is 14.8. The van der Waals surface area contributed by atoms with Crippen LogP contribution in [0.5, 0.6) is 0 Å². The highest BCUT2D eigenvalue weighted by molar-refractivity contribution is 6.27. The lowest BCUT2D eigenvalue weighted by atomic mass is 10.1. The first-order valence-electron chi connectivity index (χ1n) is 7.55. The van der Waals surface area contributed by atoms with Crippen molar-refractivity contribution in [3.63, 3.8) is 0 Å². The van der Waals surface area contributed by atoms with Crippen LogP contribution < -0.4 is 0 Å². The third-order valence-corrected chi connectivity index (χ3v) is 3.27. The molecule has 0 radical (unpaired) electrons. The molecular weight excluding hydrogens is 308 g/mol. The molecule has 24 heavy (non-hydrogen) atoms. The molecule has 1 aromatic heterocycles. The van der Waals surface area contributed by atoms with Gasteiger partial charge in [-0.25, -0.2) is 9.59 Å². The molecule has 6 nitrogen and oxygen atoms in total. The standard InChI is InChI=1S/C16H20N2.C2H2O4/c1-3-18(12-15-7-9-17-10-8-15)13-16-6-4-5-14(2)11-16;3-1(4)2(5)6/h4-11H,3,12-13H2,1-2H3;(H,3,4)(H,5,6). The van der Waals surface area contributed by atoms with Gasteiger partial charge in [-0.2, -0.15) is 0 Å². The van der Waals surface area contributed by atoms with Crippen LogP contribution in [0.1, 0.15) is 23.6 Å². The number of carbonyl (C=O) groups is 2. The summed E-state index contributed by atoms with van der Waals surface area (Å²) < 4.78 is 0. The summed E-state index contributed by atoms with van der Waals surface area (Å²) in [6.07, 6.45) is 3.71. The second-order valence-electron chi connectivity index (χ2n) is 5.26. The summed E-state index contributed by atoms with van der Waals surface area (Å²) in [5.41, 5.74) is 4.03. The summed E-state index contributed by atoms with van der Waals surface area (Å²) >= 11 is 0. The molecule has 128 valence electrons. The van der Waals surface area contributed by atoms with E-state index in [1.165, 1.54) is 16.7 Å².